The molecule has 4 rings (SSSR count). The van der Waals surface area contributed by atoms with E-state index >= 15 is 0 Å². The number of carbonyl (C=O) groups is 2. The molecule has 0 bridgehead atoms. The van der Waals surface area contributed by atoms with E-state index < -0.39 is 0 Å². The minimum absolute atomic E-state index is 0.157. The summed E-state index contributed by atoms with van der Waals surface area (Å²) < 4.78 is 2.09. The highest BCUT2D eigenvalue weighted by atomic mass is 32.2. The maximum Gasteiger partial charge on any atom is 0.268 e. The van der Waals surface area contributed by atoms with E-state index in [1.165, 1.54) is 33.4 Å². The number of aryl methyl sites for hydroxylation is 1. The second-order valence-electron chi connectivity index (χ2n) is 6.41. The van der Waals surface area contributed by atoms with Crippen LogP contribution >= 0.6 is 23.1 Å². The van der Waals surface area contributed by atoms with Gasteiger partial charge in [0.1, 0.15) is 0 Å². The number of para-hydroxylation sites is 1. The summed E-state index contributed by atoms with van der Waals surface area (Å²) in [6, 6.07) is 12.0. The fourth-order valence-electron chi connectivity index (χ4n) is 3.53. The maximum absolute atomic E-state index is 13.0. The van der Waals surface area contributed by atoms with Gasteiger partial charge in [-0.1, -0.05) is 31.2 Å². The molecule has 1 aromatic carbocycles. The molecule has 2 amide bonds. The molecule has 3 aromatic rings. The van der Waals surface area contributed by atoms with Gasteiger partial charge in [0.2, 0.25) is 0 Å². The van der Waals surface area contributed by atoms with Crippen molar-refractivity contribution in [3.8, 4) is 0 Å². The number of thioether (sulfide) groups is 1. The van der Waals surface area contributed by atoms with Crippen LogP contribution in [0.1, 0.15) is 17.4 Å². The van der Waals surface area contributed by atoms with Crippen LogP contribution in [0.2, 0.25) is 0 Å². The highest BCUT2D eigenvalue weighted by Crippen LogP contribution is 2.37. The number of aromatic nitrogens is 1. The number of benzene rings is 1. The Morgan fingerprint density at radius 1 is 1.07 bits per heavy atom. The third kappa shape index (κ3) is 3.13. The van der Waals surface area contributed by atoms with Crippen LogP contribution in [0.3, 0.4) is 0 Å². The molecule has 2 aromatic heterocycles. The summed E-state index contributed by atoms with van der Waals surface area (Å²) in [7, 11) is 2.02. The second kappa shape index (κ2) is 7.37. The number of rotatable bonds is 6. The Balaban J connectivity index is 1.60. The molecule has 0 atom stereocenters. The van der Waals surface area contributed by atoms with Crippen molar-refractivity contribution < 1.29 is 9.59 Å². The Kier molecular flexibility index (Phi) is 4.93. The van der Waals surface area contributed by atoms with Gasteiger partial charge in [0.25, 0.3) is 11.8 Å². The monoisotopic (exact) mass is 396 g/mol. The molecular weight excluding hydrogens is 376 g/mol. The zero-order valence-corrected chi connectivity index (χ0v) is 16.9. The molecule has 4 nitrogen and oxygen atoms in total. The van der Waals surface area contributed by atoms with Crippen molar-refractivity contribution in [2.45, 2.75) is 13.3 Å². The van der Waals surface area contributed by atoms with Crippen LogP contribution in [0.25, 0.3) is 16.5 Å². The molecule has 0 aliphatic carbocycles. The lowest BCUT2D eigenvalue weighted by molar-refractivity contribution is -0.136. The van der Waals surface area contributed by atoms with Crippen molar-refractivity contribution in [1.29, 1.82) is 0 Å². The first-order valence-electron chi connectivity index (χ1n) is 8.92. The topological polar surface area (TPSA) is 42.3 Å². The molecule has 0 saturated heterocycles. The van der Waals surface area contributed by atoms with Gasteiger partial charge >= 0.3 is 0 Å². The molecule has 0 radical (unpaired) electrons. The summed E-state index contributed by atoms with van der Waals surface area (Å²) in [6.45, 7) is 2.40. The molecule has 1 aliphatic rings. The third-order valence-corrected chi connectivity index (χ3v) is 6.61. The number of nitrogens with zero attached hydrogens (tertiary/aromatic N) is 2. The van der Waals surface area contributed by atoms with E-state index in [1.54, 1.807) is 0 Å². The summed E-state index contributed by atoms with van der Waals surface area (Å²) >= 11 is 2.96. The normalized spacial score (nSPS) is 14.8. The van der Waals surface area contributed by atoms with Crippen LogP contribution in [0.4, 0.5) is 0 Å². The summed E-state index contributed by atoms with van der Waals surface area (Å²) in [5.41, 5.74) is 2.88. The van der Waals surface area contributed by atoms with Gasteiger partial charge < -0.3 is 4.57 Å². The molecule has 27 heavy (non-hydrogen) atoms. The zero-order chi connectivity index (χ0) is 19.0. The first-order chi connectivity index (χ1) is 13.1. The van der Waals surface area contributed by atoms with E-state index in [2.05, 4.69) is 22.9 Å². The number of imide groups is 1. The highest BCUT2D eigenvalue weighted by Gasteiger charge is 2.39. The summed E-state index contributed by atoms with van der Waals surface area (Å²) in [5, 5.41) is 3.11. The quantitative estimate of drug-likeness (QED) is 0.583. The predicted molar refractivity (Wildman–Crippen MR) is 113 cm³/mol. The van der Waals surface area contributed by atoms with Crippen LogP contribution < -0.4 is 0 Å². The predicted octanol–water partition coefficient (Wildman–Crippen LogP) is 4.32. The second-order valence-corrected chi connectivity index (χ2v) is 8.63. The summed E-state index contributed by atoms with van der Waals surface area (Å²) in [6.07, 6.45) is 2.74. The number of carbonyl (C=O) groups excluding carboxylic acids is 2. The minimum Gasteiger partial charge on any atom is -0.350 e. The van der Waals surface area contributed by atoms with Gasteiger partial charge in [0.15, 0.2) is 0 Å². The van der Waals surface area contributed by atoms with Gasteiger partial charge in [0.05, 0.1) is 10.5 Å². The largest absolute Gasteiger partial charge is 0.350 e. The number of thiophene rings is 1. The van der Waals surface area contributed by atoms with E-state index in [0.29, 0.717) is 23.4 Å². The SMILES string of the molecule is CCSC1=C(c2cccs2)C(=O)N(CCc2cn(C)c3ccccc23)C1=O. The molecular formula is C21H20N2O2S2. The molecule has 0 saturated carbocycles. The lowest BCUT2D eigenvalue weighted by Crippen LogP contribution is -2.33. The third-order valence-electron chi connectivity index (χ3n) is 4.77. The van der Waals surface area contributed by atoms with Crippen LogP contribution in [0.5, 0.6) is 0 Å². The van der Waals surface area contributed by atoms with Crippen LogP contribution in [0, 0.1) is 0 Å². The number of amides is 2. The number of fused-ring (bicyclic) bond motifs is 1. The van der Waals surface area contributed by atoms with Gasteiger partial charge in [-0.3, -0.25) is 14.5 Å². The van der Waals surface area contributed by atoms with Gasteiger partial charge in [-0.2, -0.15) is 0 Å². The highest BCUT2D eigenvalue weighted by molar-refractivity contribution is 8.04. The van der Waals surface area contributed by atoms with Crippen LogP contribution in [-0.4, -0.2) is 33.6 Å². The molecule has 6 heteroatoms. The van der Waals surface area contributed by atoms with Crippen molar-refractivity contribution in [3.63, 3.8) is 0 Å². The van der Waals surface area contributed by atoms with Gasteiger partial charge in [-0.15, -0.1) is 23.1 Å². The first-order valence-corrected chi connectivity index (χ1v) is 10.8. The van der Waals surface area contributed by atoms with Gasteiger partial charge in [-0.25, -0.2) is 0 Å². The zero-order valence-electron chi connectivity index (χ0n) is 15.3. The smallest absolute Gasteiger partial charge is 0.268 e. The van der Waals surface area contributed by atoms with Crippen LogP contribution in [-0.2, 0) is 23.1 Å². The molecule has 3 heterocycles. The molecule has 0 spiro atoms. The molecule has 0 N–H and O–H groups in total. The minimum atomic E-state index is -0.168. The molecule has 138 valence electrons. The van der Waals surface area contributed by atoms with E-state index in [9.17, 15) is 9.59 Å². The molecule has 0 unspecified atom stereocenters. The Morgan fingerprint density at radius 2 is 1.89 bits per heavy atom. The molecule has 1 aliphatic heterocycles. The van der Waals surface area contributed by atoms with E-state index in [1.807, 2.05) is 43.6 Å². The average Bonchev–Trinajstić information content (AvgIpc) is 3.35. The van der Waals surface area contributed by atoms with Gasteiger partial charge in [-0.05, 0) is 35.2 Å². The van der Waals surface area contributed by atoms with Crippen molar-refractivity contribution in [2.24, 2.45) is 7.05 Å². The summed E-state index contributed by atoms with van der Waals surface area (Å²) in [4.78, 5) is 28.8. The maximum atomic E-state index is 13.0. The Labute approximate surface area is 166 Å². The lowest BCUT2D eigenvalue weighted by Gasteiger charge is -2.14. The van der Waals surface area contributed by atoms with E-state index in [-0.39, 0.29) is 11.8 Å². The Hall–Kier alpha value is -2.31. The Morgan fingerprint density at radius 3 is 2.63 bits per heavy atom. The number of hydrogen-bond acceptors (Lipinski definition) is 4. The first kappa shape index (κ1) is 18.1. The van der Waals surface area contributed by atoms with Gasteiger partial charge in [0, 0.05) is 35.6 Å². The van der Waals surface area contributed by atoms with Crippen molar-refractivity contribution >= 4 is 51.4 Å². The Bertz CT molecular complexity index is 1050. The fourth-order valence-corrected chi connectivity index (χ4v) is 5.23. The molecule has 0 fully saturated rings. The van der Waals surface area contributed by atoms with E-state index in [4.69, 9.17) is 0 Å². The van der Waals surface area contributed by atoms with Crippen molar-refractivity contribution in [1.82, 2.24) is 9.47 Å². The van der Waals surface area contributed by atoms with Crippen LogP contribution in [0.15, 0.2) is 52.9 Å². The fraction of sp³-hybridized carbons (Fsp3) is 0.238. The lowest BCUT2D eigenvalue weighted by atomic mass is 10.1. The standard InChI is InChI=1S/C21H20N2O2S2/c1-3-26-19-18(17-9-6-12-27-17)20(24)23(21(19)25)11-10-14-13-22(2)16-8-5-4-7-15(14)16/h4-9,12-13H,3,10-11H2,1-2H3. The summed E-state index contributed by atoms with van der Waals surface area (Å²) in [5.74, 6) is 0.439. The van der Waals surface area contributed by atoms with Crippen molar-refractivity contribution in [2.75, 3.05) is 12.3 Å². The number of hydrogen-bond donors (Lipinski definition) is 0. The van der Waals surface area contributed by atoms with Crippen molar-refractivity contribution in [3.05, 3.63) is 63.3 Å². The van der Waals surface area contributed by atoms with E-state index in [0.717, 1.165) is 21.7 Å². The average molecular weight is 397 g/mol.